The molecule has 162 valence electrons. The Bertz CT molecular complexity index is 1110. The van der Waals surface area contributed by atoms with E-state index in [1.165, 1.54) is 0 Å². The highest BCUT2D eigenvalue weighted by Gasteiger charge is 2.26. The largest absolute Gasteiger partial charge is 0.355 e. The molecule has 31 heavy (non-hydrogen) atoms. The lowest BCUT2D eigenvalue weighted by Gasteiger charge is -2.24. The molecule has 0 radical (unpaired) electrons. The van der Waals surface area contributed by atoms with Crippen molar-refractivity contribution in [3.05, 3.63) is 59.9 Å². The number of imidazole rings is 1. The standard InChI is InChI=1S/C23H24F2N4O2/c1-14(21-27-18-8-4-5-9-19(18)29(21)23(24)25)13-26-20(30)11-10-16-12-15-6-2-3-7-17(15)28-22(16)31/h2-9,14,16,23H,10-13H2,1H3,(H,26,30)(H,28,31). The third-order valence-electron chi connectivity index (χ3n) is 5.70. The summed E-state index contributed by atoms with van der Waals surface area (Å²) in [5, 5.41) is 5.68. The summed E-state index contributed by atoms with van der Waals surface area (Å²) >= 11 is 0. The van der Waals surface area contributed by atoms with E-state index in [0.717, 1.165) is 15.8 Å². The summed E-state index contributed by atoms with van der Waals surface area (Å²) in [6, 6.07) is 14.4. The van der Waals surface area contributed by atoms with Crippen molar-refractivity contribution in [2.45, 2.75) is 38.7 Å². The van der Waals surface area contributed by atoms with Crippen LogP contribution in [0.3, 0.4) is 0 Å². The molecule has 6 nitrogen and oxygen atoms in total. The van der Waals surface area contributed by atoms with E-state index in [1.807, 2.05) is 24.3 Å². The van der Waals surface area contributed by atoms with Gasteiger partial charge < -0.3 is 10.6 Å². The zero-order valence-corrected chi connectivity index (χ0v) is 17.1. The van der Waals surface area contributed by atoms with E-state index < -0.39 is 12.5 Å². The lowest BCUT2D eigenvalue weighted by Crippen LogP contribution is -2.32. The summed E-state index contributed by atoms with van der Waals surface area (Å²) in [6.45, 7) is -0.770. The first-order chi connectivity index (χ1) is 14.9. The predicted molar refractivity (Wildman–Crippen MR) is 114 cm³/mol. The minimum Gasteiger partial charge on any atom is -0.355 e. The third-order valence-corrected chi connectivity index (χ3v) is 5.70. The Morgan fingerprint density at radius 3 is 2.77 bits per heavy atom. The maximum Gasteiger partial charge on any atom is 0.320 e. The summed E-state index contributed by atoms with van der Waals surface area (Å²) in [5.74, 6) is -0.709. The van der Waals surface area contributed by atoms with Gasteiger partial charge in [-0.3, -0.25) is 14.2 Å². The minimum atomic E-state index is -2.71. The molecular formula is C23H24F2N4O2. The van der Waals surface area contributed by atoms with Crippen LogP contribution in [0.4, 0.5) is 14.5 Å². The number of nitrogens with zero attached hydrogens (tertiary/aromatic N) is 2. The van der Waals surface area contributed by atoms with E-state index >= 15 is 0 Å². The van der Waals surface area contributed by atoms with Gasteiger partial charge in [0.25, 0.3) is 0 Å². The van der Waals surface area contributed by atoms with E-state index in [4.69, 9.17) is 0 Å². The molecule has 0 saturated carbocycles. The fourth-order valence-corrected chi connectivity index (χ4v) is 4.01. The first kappa shape index (κ1) is 21.0. The van der Waals surface area contributed by atoms with E-state index in [2.05, 4.69) is 15.6 Å². The number of hydrogen-bond donors (Lipinski definition) is 2. The summed E-state index contributed by atoms with van der Waals surface area (Å²) < 4.78 is 28.1. The highest BCUT2D eigenvalue weighted by molar-refractivity contribution is 5.96. The molecule has 2 atom stereocenters. The molecule has 2 N–H and O–H groups in total. The number of aromatic nitrogens is 2. The van der Waals surface area contributed by atoms with Crippen LogP contribution in [0.5, 0.6) is 0 Å². The highest BCUT2D eigenvalue weighted by atomic mass is 19.3. The second-order valence-corrected chi connectivity index (χ2v) is 7.90. The molecule has 0 bridgehead atoms. The number of rotatable bonds is 7. The van der Waals surface area contributed by atoms with Gasteiger partial charge in [-0.1, -0.05) is 37.3 Å². The fourth-order valence-electron chi connectivity index (χ4n) is 4.01. The molecule has 2 amide bonds. The minimum absolute atomic E-state index is 0.0782. The van der Waals surface area contributed by atoms with Gasteiger partial charge in [-0.05, 0) is 36.6 Å². The van der Waals surface area contributed by atoms with Crippen LogP contribution in [-0.2, 0) is 16.0 Å². The van der Waals surface area contributed by atoms with Crippen LogP contribution in [0, 0.1) is 5.92 Å². The quantitative estimate of drug-likeness (QED) is 0.593. The van der Waals surface area contributed by atoms with Crippen LogP contribution >= 0.6 is 0 Å². The predicted octanol–water partition coefficient (Wildman–Crippen LogP) is 4.24. The van der Waals surface area contributed by atoms with Gasteiger partial charge in [-0.25, -0.2) is 4.98 Å². The van der Waals surface area contributed by atoms with E-state index in [1.54, 1.807) is 31.2 Å². The zero-order valence-electron chi connectivity index (χ0n) is 17.1. The number of amides is 2. The Hall–Kier alpha value is -3.29. The van der Waals surface area contributed by atoms with Crippen LogP contribution in [0.1, 0.15) is 43.6 Å². The zero-order chi connectivity index (χ0) is 22.0. The van der Waals surface area contributed by atoms with Crippen LogP contribution in [0.15, 0.2) is 48.5 Å². The molecule has 0 fully saturated rings. The number of nitrogens with one attached hydrogen (secondary N) is 2. The molecule has 4 rings (SSSR count). The van der Waals surface area contributed by atoms with Gasteiger partial charge in [0.2, 0.25) is 11.8 Å². The van der Waals surface area contributed by atoms with E-state index in [0.29, 0.717) is 23.9 Å². The number of para-hydroxylation sites is 3. The van der Waals surface area contributed by atoms with Crippen molar-refractivity contribution in [3.63, 3.8) is 0 Å². The van der Waals surface area contributed by atoms with Crippen molar-refractivity contribution in [1.29, 1.82) is 0 Å². The summed E-state index contributed by atoms with van der Waals surface area (Å²) in [7, 11) is 0. The Kier molecular flexibility index (Phi) is 5.97. The van der Waals surface area contributed by atoms with Crippen molar-refractivity contribution in [3.8, 4) is 0 Å². The van der Waals surface area contributed by atoms with Crippen molar-refractivity contribution in [2.75, 3.05) is 11.9 Å². The molecule has 0 spiro atoms. The van der Waals surface area contributed by atoms with Crippen LogP contribution < -0.4 is 10.6 Å². The Labute approximate surface area is 178 Å². The van der Waals surface area contributed by atoms with Crippen molar-refractivity contribution in [2.24, 2.45) is 5.92 Å². The third kappa shape index (κ3) is 4.42. The molecule has 2 unspecified atom stereocenters. The number of hydrogen-bond acceptors (Lipinski definition) is 3. The number of carbonyl (C=O) groups excluding carboxylic acids is 2. The number of alkyl halides is 2. The highest BCUT2D eigenvalue weighted by Crippen LogP contribution is 2.28. The van der Waals surface area contributed by atoms with Gasteiger partial charge in [0.15, 0.2) is 0 Å². The fraction of sp³-hybridized carbons (Fsp3) is 0.348. The summed E-state index contributed by atoms with van der Waals surface area (Å²) in [5.41, 5.74) is 2.75. The molecule has 3 aromatic rings. The summed E-state index contributed by atoms with van der Waals surface area (Å²) in [6.07, 6.45) is 1.22. The number of carbonyl (C=O) groups is 2. The number of halogens is 2. The summed E-state index contributed by atoms with van der Waals surface area (Å²) in [4.78, 5) is 29.0. The number of benzene rings is 2. The maximum absolute atomic E-state index is 13.6. The molecular weight excluding hydrogens is 402 g/mol. The smallest absolute Gasteiger partial charge is 0.320 e. The molecule has 1 aliphatic rings. The SMILES string of the molecule is CC(CNC(=O)CCC1Cc2ccccc2NC1=O)c1nc2ccccc2n1C(F)F. The molecule has 2 heterocycles. The second-order valence-electron chi connectivity index (χ2n) is 7.90. The van der Waals surface area contributed by atoms with Crippen LogP contribution in [-0.4, -0.2) is 27.9 Å². The van der Waals surface area contributed by atoms with E-state index in [-0.39, 0.29) is 36.5 Å². The molecule has 1 aliphatic heterocycles. The topological polar surface area (TPSA) is 76.0 Å². The molecule has 8 heteroatoms. The van der Waals surface area contributed by atoms with Crippen LogP contribution in [0.25, 0.3) is 11.0 Å². The van der Waals surface area contributed by atoms with Gasteiger partial charge >= 0.3 is 6.55 Å². The normalized spacial score (nSPS) is 16.8. The Morgan fingerprint density at radius 2 is 1.97 bits per heavy atom. The van der Waals surface area contributed by atoms with Crippen LogP contribution in [0.2, 0.25) is 0 Å². The van der Waals surface area contributed by atoms with Gasteiger partial charge in [-0.15, -0.1) is 0 Å². The average Bonchev–Trinajstić information content (AvgIpc) is 3.16. The first-order valence-electron chi connectivity index (χ1n) is 10.3. The van der Waals surface area contributed by atoms with Gasteiger partial charge in [-0.2, -0.15) is 8.78 Å². The van der Waals surface area contributed by atoms with E-state index in [9.17, 15) is 18.4 Å². The molecule has 0 aliphatic carbocycles. The van der Waals surface area contributed by atoms with Crippen molar-refractivity contribution < 1.29 is 18.4 Å². The van der Waals surface area contributed by atoms with Crippen molar-refractivity contribution in [1.82, 2.24) is 14.9 Å². The number of fused-ring (bicyclic) bond motifs is 2. The lowest BCUT2D eigenvalue weighted by atomic mass is 9.89. The van der Waals surface area contributed by atoms with Gasteiger partial charge in [0, 0.05) is 30.5 Å². The Morgan fingerprint density at radius 1 is 1.23 bits per heavy atom. The Balaban J connectivity index is 1.34. The number of anilines is 1. The monoisotopic (exact) mass is 426 g/mol. The lowest BCUT2D eigenvalue weighted by molar-refractivity contribution is -0.122. The molecule has 2 aromatic carbocycles. The molecule has 0 saturated heterocycles. The van der Waals surface area contributed by atoms with Gasteiger partial charge in [0.05, 0.1) is 11.0 Å². The van der Waals surface area contributed by atoms with Crippen molar-refractivity contribution >= 4 is 28.5 Å². The first-order valence-corrected chi connectivity index (χ1v) is 10.3. The average molecular weight is 426 g/mol. The molecule has 1 aromatic heterocycles. The maximum atomic E-state index is 13.6. The van der Waals surface area contributed by atoms with Gasteiger partial charge in [0.1, 0.15) is 5.82 Å². The second kappa shape index (κ2) is 8.83.